The zero-order valence-electron chi connectivity index (χ0n) is 14.5. The standard InChI is InChI=1S/C18H22FN5OS/c1-18(6-7-26-17(22)24-18)13-8-11(4-5-14(13)19)23-16(25)12(9-20)15(21)10-2-3-10/h4-5,8-10,21H,2-3,6-7,20H2,1H3,(H2,22,24)(H,23,25)/b12-9+,21-15?/t18-/m0/s1. The number of nitrogens with two attached hydrogens (primary N) is 2. The normalized spacial score (nSPS) is 23.3. The van der Waals surface area contributed by atoms with Crippen LogP contribution in [0, 0.1) is 17.1 Å². The number of aliphatic imine (C=N–C) groups is 1. The summed E-state index contributed by atoms with van der Waals surface area (Å²) in [5.74, 6) is -0.000570. The van der Waals surface area contributed by atoms with Crippen LogP contribution >= 0.6 is 11.8 Å². The third-order valence-electron chi connectivity index (χ3n) is 4.69. The first-order valence-electron chi connectivity index (χ1n) is 8.44. The van der Waals surface area contributed by atoms with Gasteiger partial charge in [0, 0.05) is 34.8 Å². The molecule has 1 aliphatic heterocycles. The Kier molecular flexibility index (Phi) is 5.04. The Bertz CT molecular complexity index is 818. The van der Waals surface area contributed by atoms with Crippen molar-refractivity contribution in [2.75, 3.05) is 11.1 Å². The van der Waals surface area contributed by atoms with Crippen molar-refractivity contribution >= 4 is 34.2 Å². The molecule has 1 aliphatic carbocycles. The van der Waals surface area contributed by atoms with Crippen LogP contribution in [0.3, 0.4) is 0 Å². The van der Waals surface area contributed by atoms with E-state index in [4.69, 9.17) is 16.9 Å². The first-order chi connectivity index (χ1) is 12.3. The van der Waals surface area contributed by atoms with Crippen LogP contribution in [-0.4, -0.2) is 22.5 Å². The van der Waals surface area contributed by atoms with Gasteiger partial charge in [-0.3, -0.25) is 9.79 Å². The van der Waals surface area contributed by atoms with Gasteiger partial charge >= 0.3 is 0 Å². The summed E-state index contributed by atoms with van der Waals surface area (Å²) in [7, 11) is 0. The number of amidine groups is 1. The maximum Gasteiger partial charge on any atom is 0.258 e. The Morgan fingerprint density at radius 3 is 2.85 bits per heavy atom. The molecule has 0 aromatic heterocycles. The molecule has 8 heteroatoms. The number of thioether (sulfide) groups is 1. The molecule has 0 radical (unpaired) electrons. The number of benzene rings is 1. The summed E-state index contributed by atoms with van der Waals surface area (Å²) in [6.07, 6.45) is 3.61. The van der Waals surface area contributed by atoms with Crippen LogP contribution in [0.1, 0.15) is 31.7 Å². The molecule has 1 fully saturated rings. The Labute approximate surface area is 155 Å². The van der Waals surface area contributed by atoms with Crippen LogP contribution in [0.5, 0.6) is 0 Å². The average molecular weight is 375 g/mol. The number of amides is 1. The molecule has 6 N–H and O–H groups in total. The summed E-state index contributed by atoms with van der Waals surface area (Å²) in [4.78, 5) is 16.9. The second kappa shape index (κ2) is 7.11. The predicted molar refractivity (Wildman–Crippen MR) is 104 cm³/mol. The third-order valence-corrected chi connectivity index (χ3v) is 5.48. The minimum Gasteiger partial charge on any atom is -0.404 e. The van der Waals surface area contributed by atoms with Crippen molar-refractivity contribution in [3.05, 3.63) is 41.4 Å². The van der Waals surface area contributed by atoms with Gasteiger partial charge in [-0.05, 0) is 44.4 Å². The van der Waals surface area contributed by atoms with Crippen molar-refractivity contribution in [2.24, 2.45) is 22.4 Å². The lowest BCUT2D eigenvalue weighted by atomic mass is 9.89. The molecule has 0 bridgehead atoms. The van der Waals surface area contributed by atoms with Gasteiger partial charge in [-0.1, -0.05) is 11.8 Å². The van der Waals surface area contributed by atoms with Crippen molar-refractivity contribution < 1.29 is 9.18 Å². The van der Waals surface area contributed by atoms with E-state index in [1.807, 2.05) is 6.92 Å². The summed E-state index contributed by atoms with van der Waals surface area (Å²) < 4.78 is 14.4. The highest BCUT2D eigenvalue weighted by Crippen LogP contribution is 2.37. The largest absolute Gasteiger partial charge is 0.404 e. The number of carbonyl (C=O) groups excluding carboxylic acids is 1. The van der Waals surface area contributed by atoms with E-state index in [1.165, 1.54) is 23.9 Å². The quantitative estimate of drug-likeness (QED) is 0.467. The van der Waals surface area contributed by atoms with E-state index in [0.717, 1.165) is 24.8 Å². The molecule has 0 spiro atoms. The van der Waals surface area contributed by atoms with Crippen LogP contribution in [0.25, 0.3) is 0 Å². The zero-order valence-corrected chi connectivity index (χ0v) is 15.3. The minimum absolute atomic E-state index is 0.107. The number of hydrogen-bond donors (Lipinski definition) is 4. The lowest BCUT2D eigenvalue weighted by Gasteiger charge is -2.30. The van der Waals surface area contributed by atoms with E-state index in [-0.39, 0.29) is 17.2 Å². The van der Waals surface area contributed by atoms with Crippen LogP contribution in [0.4, 0.5) is 10.1 Å². The second-order valence-electron chi connectivity index (χ2n) is 6.74. The molecule has 2 aliphatic rings. The fraction of sp³-hybridized carbons (Fsp3) is 0.389. The molecule has 1 aromatic rings. The molecule has 26 heavy (non-hydrogen) atoms. The van der Waals surface area contributed by atoms with Crippen molar-refractivity contribution in [1.29, 1.82) is 5.41 Å². The Morgan fingerprint density at radius 1 is 1.50 bits per heavy atom. The fourth-order valence-corrected chi connectivity index (χ4v) is 3.95. The van der Waals surface area contributed by atoms with Crippen molar-refractivity contribution in [3.8, 4) is 0 Å². The SMILES string of the molecule is C[C@@]1(c2cc(NC(=O)/C(=C/N)C(=N)C3CC3)ccc2F)CCSC(N)=N1. The van der Waals surface area contributed by atoms with E-state index in [1.54, 1.807) is 6.07 Å². The molecule has 6 nitrogen and oxygen atoms in total. The Hall–Kier alpha value is -2.35. The molecule has 0 unspecified atom stereocenters. The highest BCUT2D eigenvalue weighted by molar-refractivity contribution is 8.13. The van der Waals surface area contributed by atoms with Gasteiger partial charge in [0.15, 0.2) is 5.17 Å². The monoisotopic (exact) mass is 375 g/mol. The van der Waals surface area contributed by atoms with Crippen LogP contribution in [0.15, 0.2) is 35.0 Å². The minimum atomic E-state index is -0.770. The molecule has 1 aromatic carbocycles. The van der Waals surface area contributed by atoms with Gasteiger partial charge in [0.2, 0.25) is 0 Å². The smallest absolute Gasteiger partial charge is 0.258 e. The number of nitrogens with zero attached hydrogens (tertiary/aromatic N) is 1. The number of halogens is 1. The lowest BCUT2D eigenvalue weighted by molar-refractivity contribution is -0.112. The average Bonchev–Trinajstić information content (AvgIpc) is 3.42. The summed E-state index contributed by atoms with van der Waals surface area (Å²) in [5, 5.41) is 11.2. The zero-order chi connectivity index (χ0) is 18.9. The van der Waals surface area contributed by atoms with Gasteiger partial charge in [0.25, 0.3) is 5.91 Å². The number of hydrogen-bond acceptors (Lipinski definition) is 6. The van der Waals surface area contributed by atoms with Crippen molar-refractivity contribution in [1.82, 2.24) is 0 Å². The molecule has 1 heterocycles. The van der Waals surface area contributed by atoms with Gasteiger partial charge in [-0.15, -0.1) is 0 Å². The second-order valence-corrected chi connectivity index (χ2v) is 7.85. The topological polar surface area (TPSA) is 117 Å². The predicted octanol–water partition coefficient (Wildman–Crippen LogP) is 2.70. The maximum atomic E-state index is 14.4. The number of rotatable bonds is 5. The fourth-order valence-electron chi connectivity index (χ4n) is 2.97. The first kappa shape index (κ1) is 18.4. The van der Waals surface area contributed by atoms with Crippen LogP contribution in [0.2, 0.25) is 0 Å². The van der Waals surface area contributed by atoms with Crippen molar-refractivity contribution in [3.63, 3.8) is 0 Å². The Morgan fingerprint density at radius 2 is 2.23 bits per heavy atom. The summed E-state index contributed by atoms with van der Waals surface area (Å²) >= 11 is 1.45. The summed E-state index contributed by atoms with van der Waals surface area (Å²) in [6.45, 7) is 1.83. The highest BCUT2D eigenvalue weighted by atomic mass is 32.2. The van der Waals surface area contributed by atoms with E-state index in [0.29, 0.717) is 22.8 Å². The molecular formula is C18H22FN5OS. The van der Waals surface area contributed by atoms with Gasteiger partial charge in [-0.2, -0.15) is 0 Å². The van der Waals surface area contributed by atoms with E-state index < -0.39 is 17.3 Å². The van der Waals surface area contributed by atoms with Gasteiger partial charge < -0.3 is 22.2 Å². The molecule has 1 saturated carbocycles. The first-order valence-corrected chi connectivity index (χ1v) is 9.43. The summed E-state index contributed by atoms with van der Waals surface area (Å²) in [6, 6.07) is 4.37. The van der Waals surface area contributed by atoms with Gasteiger partial charge in [0.05, 0.1) is 11.1 Å². The number of anilines is 1. The van der Waals surface area contributed by atoms with Gasteiger partial charge in [0.1, 0.15) is 5.82 Å². The molecule has 0 saturated heterocycles. The van der Waals surface area contributed by atoms with Crippen molar-refractivity contribution in [2.45, 2.75) is 31.7 Å². The van der Waals surface area contributed by atoms with E-state index in [2.05, 4.69) is 10.3 Å². The Balaban J connectivity index is 1.84. The molecule has 1 amide bonds. The van der Waals surface area contributed by atoms with Crippen LogP contribution in [-0.2, 0) is 10.3 Å². The summed E-state index contributed by atoms with van der Waals surface area (Å²) in [5.41, 5.74) is 11.8. The van der Waals surface area contributed by atoms with Crippen LogP contribution < -0.4 is 16.8 Å². The number of nitrogens with one attached hydrogen (secondary N) is 2. The van der Waals surface area contributed by atoms with Gasteiger partial charge in [-0.25, -0.2) is 4.39 Å². The molecule has 3 rings (SSSR count). The lowest BCUT2D eigenvalue weighted by Crippen LogP contribution is -2.30. The molecule has 1 atom stereocenters. The highest BCUT2D eigenvalue weighted by Gasteiger charge is 2.33. The maximum absolute atomic E-state index is 14.4. The number of carbonyl (C=O) groups is 1. The molecule has 138 valence electrons. The van der Waals surface area contributed by atoms with E-state index in [9.17, 15) is 9.18 Å². The third kappa shape index (κ3) is 3.75. The van der Waals surface area contributed by atoms with E-state index >= 15 is 0 Å². The molecular weight excluding hydrogens is 353 g/mol.